The van der Waals surface area contributed by atoms with Crippen molar-refractivity contribution in [1.29, 1.82) is 0 Å². The molecule has 1 heterocycles. The summed E-state index contributed by atoms with van der Waals surface area (Å²) in [4.78, 5) is 0. The SMILES string of the molecule is CN[C@H](C)Cn1ccc2ccccc21. The summed E-state index contributed by atoms with van der Waals surface area (Å²) in [7, 11) is 2.00. The number of likely N-dealkylation sites (N-methyl/N-ethyl adjacent to an activating group) is 1. The second-order valence-electron chi connectivity index (χ2n) is 3.72. The standard InChI is InChI=1S/C12H16N2/c1-10(13-2)9-14-8-7-11-5-3-4-6-12(11)14/h3-8,10,13H,9H2,1-2H3/t10-/m1/s1. The van der Waals surface area contributed by atoms with Gasteiger partial charge in [0.1, 0.15) is 0 Å². The maximum Gasteiger partial charge on any atom is 0.0480 e. The quantitative estimate of drug-likeness (QED) is 0.781. The van der Waals surface area contributed by atoms with Crippen molar-refractivity contribution in [2.75, 3.05) is 7.05 Å². The minimum absolute atomic E-state index is 0.505. The Balaban J connectivity index is 2.33. The topological polar surface area (TPSA) is 17.0 Å². The molecule has 0 spiro atoms. The fourth-order valence-corrected chi connectivity index (χ4v) is 1.69. The van der Waals surface area contributed by atoms with Crippen molar-refractivity contribution in [1.82, 2.24) is 9.88 Å². The van der Waals surface area contributed by atoms with Crippen LogP contribution in [0.25, 0.3) is 10.9 Å². The Hall–Kier alpha value is -1.28. The molecule has 74 valence electrons. The van der Waals surface area contributed by atoms with Gasteiger partial charge in [0.2, 0.25) is 0 Å². The first-order valence-corrected chi connectivity index (χ1v) is 5.02. The molecule has 0 fully saturated rings. The first kappa shape index (κ1) is 9.28. The number of nitrogens with zero attached hydrogens (tertiary/aromatic N) is 1. The molecule has 1 atom stereocenters. The third kappa shape index (κ3) is 1.66. The van der Waals surface area contributed by atoms with Crippen LogP contribution >= 0.6 is 0 Å². The van der Waals surface area contributed by atoms with E-state index in [2.05, 4.69) is 53.3 Å². The summed E-state index contributed by atoms with van der Waals surface area (Å²) in [5.41, 5.74) is 1.31. The van der Waals surface area contributed by atoms with Crippen LogP contribution in [0.4, 0.5) is 0 Å². The number of hydrogen-bond donors (Lipinski definition) is 1. The Morgan fingerprint density at radius 2 is 2.07 bits per heavy atom. The Kier molecular flexibility index (Phi) is 2.55. The first-order valence-electron chi connectivity index (χ1n) is 5.02. The van der Waals surface area contributed by atoms with Crippen molar-refractivity contribution in [3.63, 3.8) is 0 Å². The van der Waals surface area contributed by atoms with Crippen LogP contribution in [0.15, 0.2) is 36.5 Å². The van der Waals surface area contributed by atoms with Crippen LogP contribution < -0.4 is 5.32 Å². The van der Waals surface area contributed by atoms with Crippen LogP contribution in [0.2, 0.25) is 0 Å². The number of nitrogens with one attached hydrogen (secondary N) is 1. The van der Waals surface area contributed by atoms with Crippen LogP contribution in [0.1, 0.15) is 6.92 Å². The van der Waals surface area contributed by atoms with Crippen LogP contribution in [0.5, 0.6) is 0 Å². The van der Waals surface area contributed by atoms with Gasteiger partial charge in [0, 0.05) is 24.3 Å². The maximum absolute atomic E-state index is 3.25. The highest BCUT2D eigenvalue weighted by atomic mass is 15.0. The highest BCUT2D eigenvalue weighted by Crippen LogP contribution is 2.15. The lowest BCUT2D eigenvalue weighted by Gasteiger charge is -2.12. The summed E-state index contributed by atoms with van der Waals surface area (Å²) < 4.78 is 2.29. The van der Waals surface area contributed by atoms with E-state index in [1.165, 1.54) is 10.9 Å². The molecule has 2 aromatic rings. The molecule has 0 amide bonds. The predicted octanol–water partition coefficient (Wildman–Crippen LogP) is 2.25. The third-order valence-electron chi connectivity index (χ3n) is 2.64. The molecule has 0 bridgehead atoms. The molecule has 0 aliphatic heterocycles. The van der Waals surface area contributed by atoms with E-state index in [-0.39, 0.29) is 0 Å². The molecule has 0 aliphatic carbocycles. The zero-order chi connectivity index (χ0) is 9.97. The highest BCUT2D eigenvalue weighted by molar-refractivity contribution is 5.79. The largest absolute Gasteiger partial charge is 0.346 e. The summed E-state index contributed by atoms with van der Waals surface area (Å²) >= 11 is 0. The van der Waals surface area contributed by atoms with Gasteiger partial charge >= 0.3 is 0 Å². The lowest BCUT2D eigenvalue weighted by molar-refractivity contribution is 0.525. The molecule has 1 aromatic heterocycles. The number of para-hydroxylation sites is 1. The van der Waals surface area contributed by atoms with Gasteiger partial charge in [-0.1, -0.05) is 18.2 Å². The van der Waals surface area contributed by atoms with Gasteiger partial charge in [0.15, 0.2) is 0 Å². The molecule has 0 saturated heterocycles. The van der Waals surface area contributed by atoms with Crippen LogP contribution in [-0.2, 0) is 6.54 Å². The minimum atomic E-state index is 0.505. The molecule has 0 radical (unpaired) electrons. The van der Waals surface area contributed by atoms with E-state index >= 15 is 0 Å². The summed E-state index contributed by atoms with van der Waals surface area (Å²) in [6.07, 6.45) is 2.15. The molecule has 2 rings (SSSR count). The van der Waals surface area contributed by atoms with E-state index in [0.29, 0.717) is 6.04 Å². The van der Waals surface area contributed by atoms with Gasteiger partial charge in [-0.05, 0) is 31.5 Å². The van der Waals surface area contributed by atoms with Gasteiger partial charge < -0.3 is 9.88 Å². The van der Waals surface area contributed by atoms with E-state index < -0.39 is 0 Å². The van der Waals surface area contributed by atoms with Gasteiger partial charge in [-0.3, -0.25) is 0 Å². The third-order valence-corrected chi connectivity index (χ3v) is 2.64. The Bertz CT molecular complexity index is 417. The van der Waals surface area contributed by atoms with Crippen LogP contribution in [-0.4, -0.2) is 17.7 Å². The van der Waals surface area contributed by atoms with Crippen molar-refractivity contribution >= 4 is 10.9 Å². The smallest absolute Gasteiger partial charge is 0.0480 e. The molecule has 1 aromatic carbocycles. The van der Waals surface area contributed by atoms with E-state index in [0.717, 1.165) is 6.54 Å². The molecule has 1 N–H and O–H groups in total. The number of benzene rings is 1. The zero-order valence-corrected chi connectivity index (χ0v) is 8.70. The normalized spacial score (nSPS) is 13.3. The molecular weight excluding hydrogens is 172 g/mol. The second kappa shape index (κ2) is 3.84. The van der Waals surface area contributed by atoms with Crippen LogP contribution in [0.3, 0.4) is 0 Å². The van der Waals surface area contributed by atoms with Crippen molar-refractivity contribution in [2.24, 2.45) is 0 Å². The van der Waals surface area contributed by atoms with Crippen LogP contribution in [0, 0.1) is 0 Å². The molecular formula is C12H16N2. The molecule has 2 heteroatoms. The summed E-state index contributed by atoms with van der Waals surface area (Å²) in [6.45, 7) is 3.21. The fourth-order valence-electron chi connectivity index (χ4n) is 1.69. The van der Waals surface area contributed by atoms with Crippen molar-refractivity contribution in [3.8, 4) is 0 Å². The number of aromatic nitrogens is 1. The Labute approximate surface area is 84.5 Å². The number of fused-ring (bicyclic) bond motifs is 1. The van der Waals surface area contributed by atoms with Crippen molar-refractivity contribution in [3.05, 3.63) is 36.5 Å². The number of rotatable bonds is 3. The lowest BCUT2D eigenvalue weighted by atomic mass is 10.2. The molecule has 0 saturated carbocycles. The predicted molar refractivity (Wildman–Crippen MR) is 60.5 cm³/mol. The minimum Gasteiger partial charge on any atom is -0.346 e. The lowest BCUT2D eigenvalue weighted by Crippen LogP contribution is -2.26. The summed E-state index contributed by atoms with van der Waals surface area (Å²) in [5.74, 6) is 0. The highest BCUT2D eigenvalue weighted by Gasteiger charge is 2.02. The van der Waals surface area contributed by atoms with Crippen molar-refractivity contribution < 1.29 is 0 Å². The average Bonchev–Trinajstić information content (AvgIpc) is 2.62. The Morgan fingerprint density at radius 3 is 2.86 bits per heavy atom. The zero-order valence-electron chi connectivity index (χ0n) is 8.70. The molecule has 14 heavy (non-hydrogen) atoms. The monoisotopic (exact) mass is 188 g/mol. The molecule has 2 nitrogen and oxygen atoms in total. The van der Waals surface area contributed by atoms with E-state index in [1.807, 2.05) is 7.05 Å². The van der Waals surface area contributed by atoms with E-state index in [4.69, 9.17) is 0 Å². The summed E-state index contributed by atoms with van der Waals surface area (Å²) in [5, 5.41) is 4.56. The summed E-state index contributed by atoms with van der Waals surface area (Å²) in [6, 6.07) is 11.1. The maximum atomic E-state index is 3.25. The molecule has 0 unspecified atom stereocenters. The van der Waals surface area contributed by atoms with Gasteiger partial charge in [0.25, 0.3) is 0 Å². The molecule has 0 aliphatic rings. The van der Waals surface area contributed by atoms with Gasteiger partial charge in [0.05, 0.1) is 0 Å². The van der Waals surface area contributed by atoms with Gasteiger partial charge in [-0.25, -0.2) is 0 Å². The second-order valence-corrected chi connectivity index (χ2v) is 3.72. The van der Waals surface area contributed by atoms with E-state index in [9.17, 15) is 0 Å². The average molecular weight is 188 g/mol. The first-order chi connectivity index (χ1) is 6.81. The Morgan fingerprint density at radius 1 is 1.29 bits per heavy atom. The van der Waals surface area contributed by atoms with E-state index in [1.54, 1.807) is 0 Å². The number of hydrogen-bond acceptors (Lipinski definition) is 1. The fraction of sp³-hybridized carbons (Fsp3) is 0.333. The van der Waals surface area contributed by atoms with Gasteiger partial charge in [-0.2, -0.15) is 0 Å². The van der Waals surface area contributed by atoms with Gasteiger partial charge in [-0.15, -0.1) is 0 Å². The van der Waals surface area contributed by atoms with Crippen molar-refractivity contribution in [2.45, 2.75) is 19.5 Å².